The van der Waals surface area contributed by atoms with E-state index in [1.54, 1.807) is 0 Å². The van der Waals surface area contributed by atoms with Crippen LogP contribution in [0.1, 0.15) is 40.0 Å². The van der Waals surface area contributed by atoms with Crippen LogP contribution in [0.2, 0.25) is 0 Å². The van der Waals surface area contributed by atoms with Gasteiger partial charge in [-0.2, -0.15) is 0 Å². The first-order valence-electron chi connectivity index (χ1n) is 6.42. The summed E-state index contributed by atoms with van der Waals surface area (Å²) in [6, 6.07) is 0. The van der Waals surface area contributed by atoms with Crippen LogP contribution in [-0.2, 0) is 9.53 Å². The van der Waals surface area contributed by atoms with Gasteiger partial charge in [0.2, 0.25) is 0 Å². The van der Waals surface area contributed by atoms with E-state index < -0.39 is 0 Å². The summed E-state index contributed by atoms with van der Waals surface area (Å²) in [6.07, 6.45) is 5.75. The standard InChI is InChI=1S/C14H25NO2/c1-12(13(16)17-4)6-10-15-9-5-7-14(2,3)8-11-15/h6H,5,7-11H2,1-4H3. The van der Waals surface area contributed by atoms with Crippen LogP contribution in [0.4, 0.5) is 0 Å². The van der Waals surface area contributed by atoms with Gasteiger partial charge in [-0.15, -0.1) is 0 Å². The Hall–Kier alpha value is -0.830. The van der Waals surface area contributed by atoms with Gasteiger partial charge in [-0.1, -0.05) is 19.9 Å². The van der Waals surface area contributed by atoms with Crippen molar-refractivity contribution in [2.24, 2.45) is 5.41 Å². The maximum atomic E-state index is 11.2. The molecule has 98 valence electrons. The summed E-state index contributed by atoms with van der Waals surface area (Å²) in [6.45, 7) is 9.61. The van der Waals surface area contributed by atoms with Gasteiger partial charge in [0.25, 0.3) is 0 Å². The third-order valence-corrected chi connectivity index (χ3v) is 3.60. The predicted octanol–water partition coefficient (Wildman–Crippen LogP) is 2.62. The van der Waals surface area contributed by atoms with E-state index in [0.717, 1.165) is 19.6 Å². The number of carbonyl (C=O) groups is 1. The zero-order valence-corrected chi connectivity index (χ0v) is 11.6. The first-order valence-corrected chi connectivity index (χ1v) is 6.42. The van der Waals surface area contributed by atoms with Gasteiger partial charge in [0.15, 0.2) is 0 Å². The maximum absolute atomic E-state index is 11.2. The van der Waals surface area contributed by atoms with Gasteiger partial charge < -0.3 is 4.74 Å². The average Bonchev–Trinajstić information content (AvgIpc) is 2.46. The molecule has 0 aromatic heterocycles. The van der Waals surface area contributed by atoms with E-state index in [1.165, 1.54) is 26.4 Å². The van der Waals surface area contributed by atoms with Gasteiger partial charge in [0.1, 0.15) is 0 Å². The van der Waals surface area contributed by atoms with Crippen molar-refractivity contribution in [2.45, 2.75) is 40.0 Å². The molecular weight excluding hydrogens is 214 g/mol. The van der Waals surface area contributed by atoms with Gasteiger partial charge >= 0.3 is 5.97 Å². The Morgan fingerprint density at radius 2 is 2.06 bits per heavy atom. The smallest absolute Gasteiger partial charge is 0.333 e. The summed E-state index contributed by atoms with van der Waals surface area (Å²) in [5, 5.41) is 0. The van der Waals surface area contributed by atoms with E-state index in [0.29, 0.717) is 11.0 Å². The number of esters is 1. The minimum absolute atomic E-state index is 0.222. The summed E-state index contributed by atoms with van der Waals surface area (Å²) in [5.41, 5.74) is 1.17. The third kappa shape index (κ3) is 4.90. The van der Waals surface area contributed by atoms with E-state index in [2.05, 4.69) is 23.5 Å². The summed E-state index contributed by atoms with van der Waals surface area (Å²) >= 11 is 0. The molecule has 0 radical (unpaired) electrons. The zero-order chi connectivity index (χ0) is 12.9. The molecule has 1 aliphatic heterocycles. The maximum Gasteiger partial charge on any atom is 0.333 e. The Morgan fingerprint density at radius 1 is 1.35 bits per heavy atom. The largest absolute Gasteiger partial charge is 0.466 e. The number of carbonyl (C=O) groups excluding carboxylic acids is 1. The topological polar surface area (TPSA) is 29.5 Å². The van der Waals surface area contributed by atoms with E-state index in [9.17, 15) is 4.79 Å². The highest BCUT2D eigenvalue weighted by atomic mass is 16.5. The van der Waals surface area contributed by atoms with Crippen LogP contribution in [0.3, 0.4) is 0 Å². The number of nitrogens with zero attached hydrogens (tertiary/aromatic N) is 1. The number of hydrogen-bond acceptors (Lipinski definition) is 3. The Balaban J connectivity index is 2.45. The van der Waals surface area contributed by atoms with Gasteiger partial charge in [0.05, 0.1) is 7.11 Å². The Morgan fingerprint density at radius 3 is 2.71 bits per heavy atom. The lowest BCUT2D eigenvalue weighted by Gasteiger charge is -2.22. The number of methoxy groups -OCH3 is 1. The second-order valence-corrected chi connectivity index (χ2v) is 5.70. The van der Waals surface area contributed by atoms with E-state index in [4.69, 9.17) is 0 Å². The molecule has 3 nitrogen and oxygen atoms in total. The number of ether oxygens (including phenoxy) is 1. The summed E-state index contributed by atoms with van der Waals surface area (Å²) in [4.78, 5) is 13.7. The lowest BCUT2D eigenvalue weighted by Crippen LogP contribution is -2.26. The minimum atomic E-state index is -0.222. The lowest BCUT2D eigenvalue weighted by molar-refractivity contribution is -0.136. The van der Waals surface area contributed by atoms with Crippen LogP contribution in [-0.4, -0.2) is 37.6 Å². The molecule has 0 spiro atoms. The van der Waals surface area contributed by atoms with E-state index >= 15 is 0 Å². The fourth-order valence-corrected chi connectivity index (χ4v) is 2.17. The molecular formula is C14H25NO2. The summed E-state index contributed by atoms with van der Waals surface area (Å²) in [7, 11) is 1.42. The molecule has 0 aromatic rings. The van der Waals surface area contributed by atoms with E-state index in [1.807, 2.05) is 13.0 Å². The van der Waals surface area contributed by atoms with Crippen molar-refractivity contribution in [3.63, 3.8) is 0 Å². The second-order valence-electron chi connectivity index (χ2n) is 5.70. The Bertz CT molecular complexity index is 295. The van der Waals surface area contributed by atoms with Crippen molar-refractivity contribution >= 4 is 5.97 Å². The SMILES string of the molecule is COC(=O)C(C)=CCN1CCCC(C)(C)CC1. The highest BCUT2D eigenvalue weighted by Gasteiger charge is 2.22. The molecule has 0 bridgehead atoms. The zero-order valence-electron chi connectivity index (χ0n) is 11.6. The molecule has 1 heterocycles. The molecule has 3 heteroatoms. The molecule has 0 aromatic carbocycles. The molecule has 1 rings (SSSR count). The Labute approximate surface area is 105 Å². The molecule has 1 fully saturated rings. The fourth-order valence-electron chi connectivity index (χ4n) is 2.17. The van der Waals surface area contributed by atoms with Crippen LogP contribution < -0.4 is 0 Å². The molecule has 0 amide bonds. The third-order valence-electron chi connectivity index (χ3n) is 3.60. The molecule has 17 heavy (non-hydrogen) atoms. The summed E-state index contributed by atoms with van der Waals surface area (Å²) < 4.78 is 4.68. The summed E-state index contributed by atoms with van der Waals surface area (Å²) in [5.74, 6) is -0.222. The molecule has 1 saturated heterocycles. The van der Waals surface area contributed by atoms with Crippen molar-refractivity contribution in [1.29, 1.82) is 0 Å². The number of hydrogen-bond donors (Lipinski definition) is 0. The predicted molar refractivity (Wildman–Crippen MR) is 69.8 cm³/mol. The van der Waals surface area contributed by atoms with Crippen LogP contribution in [0.25, 0.3) is 0 Å². The highest BCUT2D eigenvalue weighted by Crippen LogP contribution is 2.29. The van der Waals surface area contributed by atoms with Crippen molar-refractivity contribution in [3.05, 3.63) is 11.6 Å². The quantitative estimate of drug-likeness (QED) is 0.560. The fraction of sp³-hybridized carbons (Fsp3) is 0.786. The van der Waals surface area contributed by atoms with Crippen LogP contribution in [0.5, 0.6) is 0 Å². The molecule has 0 unspecified atom stereocenters. The van der Waals surface area contributed by atoms with Gasteiger partial charge in [0, 0.05) is 12.1 Å². The lowest BCUT2D eigenvalue weighted by atomic mass is 9.85. The minimum Gasteiger partial charge on any atom is -0.466 e. The Kier molecular flexibility index (Phi) is 5.19. The first kappa shape index (κ1) is 14.2. The molecule has 1 aliphatic rings. The van der Waals surface area contributed by atoms with Crippen LogP contribution in [0.15, 0.2) is 11.6 Å². The van der Waals surface area contributed by atoms with Gasteiger partial charge in [-0.05, 0) is 44.7 Å². The number of likely N-dealkylation sites (tertiary alicyclic amines) is 1. The van der Waals surface area contributed by atoms with Crippen molar-refractivity contribution in [2.75, 3.05) is 26.7 Å². The second kappa shape index (κ2) is 6.20. The van der Waals surface area contributed by atoms with Crippen molar-refractivity contribution < 1.29 is 9.53 Å². The van der Waals surface area contributed by atoms with Crippen molar-refractivity contribution in [3.8, 4) is 0 Å². The van der Waals surface area contributed by atoms with Crippen molar-refractivity contribution in [1.82, 2.24) is 4.90 Å². The van der Waals surface area contributed by atoms with Crippen LogP contribution in [0, 0.1) is 5.41 Å². The monoisotopic (exact) mass is 239 g/mol. The average molecular weight is 239 g/mol. The number of rotatable bonds is 3. The molecule has 0 N–H and O–H groups in total. The first-order chi connectivity index (χ1) is 7.94. The van der Waals surface area contributed by atoms with Gasteiger partial charge in [-0.25, -0.2) is 4.79 Å². The van der Waals surface area contributed by atoms with E-state index in [-0.39, 0.29) is 5.97 Å². The highest BCUT2D eigenvalue weighted by molar-refractivity contribution is 5.87. The van der Waals surface area contributed by atoms with Crippen LogP contribution >= 0.6 is 0 Å². The molecule has 0 atom stereocenters. The molecule has 0 saturated carbocycles. The van der Waals surface area contributed by atoms with Gasteiger partial charge in [-0.3, -0.25) is 4.90 Å². The normalized spacial score (nSPS) is 22.0. The molecule has 0 aliphatic carbocycles.